The van der Waals surface area contributed by atoms with Gasteiger partial charge in [0.1, 0.15) is 12.0 Å². The first kappa shape index (κ1) is 17.7. The number of fused-ring (bicyclic) bond motifs is 3. The number of anilines is 1. The number of nitrogens with zero attached hydrogens (tertiary/aromatic N) is 1. The molecule has 0 fully saturated rings. The monoisotopic (exact) mass is 402 g/mol. The fraction of sp³-hybridized carbons (Fsp3) is 0.0870. The highest BCUT2D eigenvalue weighted by atomic mass is 32.2. The Balaban J connectivity index is 1.40. The van der Waals surface area contributed by atoms with Gasteiger partial charge in [0, 0.05) is 18.2 Å². The van der Waals surface area contributed by atoms with Crippen molar-refractivity contribution < 1.29 is 12.8 Å². The molecule has 0 aliphatic heterocycles. The SMILES string of the molecule is Cc1nc(-c2ccc(S(=O)(=O)Nc3ccc4c(c3)Cc3ccccc3-4)cc2)co1. The van der Waals surface area contributed by atoms with Crippen LogP contribution in [0.4, 0.5) is 5.69 Å². The number of benzene rings is 3. The third-order valence-corrected chi connectivity index (χ3v) is 6.52. The van der Waals surface area contributed by atoms with Gasteiger partial charge in [0.05, 0.1) is 4.90 Å². The van der Waals surface area contributed by atoms with Crippen LogP contribution in [-0.4, -0.2) is 13.4 Å². The lowest BCUT2D eigenvalue weighted by Crippen LogP contribution is -2.13. The molecule has 3 aromatic carbocycles. The lowest BCUT2D eigenvalue weighted by Gasteiger charge is -2.10. The Hall–Kier alpha value is -3.38. The summed E-state index contributed by atoms with van der Waals surface area (Å²) in [6.45, 7) is 1.77. The Kier molecular flexibility index (Phi) is 4.03. The van der Waals surface area contributed by atoms with Gasteiger partial charge in [-0.15, -0.1) is 0 Å². The molecule has 29 heavy (non-hydrogen) atoms. The summed E-state index contributed by atoms with van der Waals surface area (Å²) in [5.41, 5.74) is 6.82. The normalized spacial score (nSPS) is 12.4. The van der Waals surface area contributed by atoms with Gasteiger partial charge in [-0.1, -0.05) is 42.5 Å². The zero-order valence-electron chi connectivity index (χ0n) is 15.7. The Bertz CT molecular complexity index is 1320. The summed E-state index contributed by atoms with van der Waals surface area (Å²) >= 11 is 0. The summed E-state index contributed by atoms with van der Waals surface area (Å²) in [4.78, 5) is 4.46. The van der Waals surface area contributed by atoms with E-state index in [1.807, 2.05) is 30.3 Å². The molecule has 1 aliphatic rings. The molecular weight excluding hydrogens is 384 g/mol. The number of aromatic nitrogens is 1. The van der Waals surface area contributed by atoms with Gasteiger partial charge in [-0.05, 0) is 52.9 Å². The summed E-state index contributed by atoms with van der Waals surface area (Å²) in [6, 6.07) is 20.6. The fourth-order valence-corrected chi connectivity index (χ4v) is 4.77. The largest absolute Gasteiger partial charge is 0.449 e. The molecule has 0 spiro atoms. The molecule has 0 amide bonds. The zero-order valence-corrected chi connectivity index (χ0v) is 16.5. The van der Waals surface area contributed by atoms with Gasteiger partial charge in [0.2, 0.25) is 0 Å². The van der Waals surface area contributed by atoms with Gasteiger partial charge in [0.15, 0.2) is 5.89 Å². The van der Waals surface area contributed by atoms with Crippen molar-refractivity contribution in [2.45, 2.75) is 18.2 Å². The molecule has 0 saturated heterocycles. The molecule has 1 N–H and O–H groups in total. The van der Waals surface area contributed by atoms with Gasteiger partial charge in [-0.25, -0.2) is 13.4 Å². The molecule has 1 heterocycles. The van der Waals surface area contributed by atoms with Gasteiger partial charge >= 0.3 is 0 Å². The number of hydrogen-bond acceptors (Lipinski definition) is 4. The van der Waals surface area contributed by atoms with Crippen LogP contribution in [0.15, 0.2) is 82.3 Å². The van der Waals surface area contributed by atoms with Crippen LogP contribution >= 0.6 is 0 Å². The van der Waals surface area contributed by atoms with Crippen molar-refractivity contribution in [3.8, 4) is 22.4 Å². The van der Waals surface area contributed by atoms with Crippen LogP contribution in [0.2, 0.25) is 0 Å². The second-order valence-corrected chi connectivity index (χ2v) is 8.77. The minimum Gasteiger partial charge on any atom is -0.449 e. The number of sulfonamides is 1. The molecule has 5 rings (SSSR count). The maximum Gasteiger partial charge on any atom is 0.261 e. The van der Waals surface area contributed by atoms with Crippen molar-refractivity contribution in [1.29, 1.82) is 0 Å². The van der Waals surface area contributed by atoms with Gasteiger partial charge < -0.3 is 4.42 Å². The van der Waals surface area contributed by atoms with Crippen molar-refractivity contribution in [1.82, 2.24) is 4.98 Å². The van der Waals surface area contributed by atoms with E-state index in [0.29, 0.717) is 17.3 Å². The van der Waals surface area contributed by atoms with Gasteiger partial charge in [-0.3, -0.25) is 4.72 Å². The summed E-state index contributed by atoms with van der Waals surface area (Å²) in [6.07, 6.45) is 2.37. The molecule has 0 bridgehead atoms. The van der Waals surface area contributed by atoms with E-state index in [1.165, 1.54) is 11.1 Å². The Labute approximate surface area is 169 Å². The number of nitrogens with one attached hydrogen (secondary N) is 1. The molecule has 1 aromatic heterocycles. The predicted molar refractivity (Wildman–Crippen MR) is 112 cm³/mol. The number of aryl methyl sites for hydroxylation is 1. The van der Waals surface area contributed by atoms with Crippen LogP contribution in [-0.2, 0) is 16.4 Å². The van der Waals surface area contributed by atoms with Gasteiger partial charge in [-0.2, -0.15) is 0 Å². The topological polar surface area (TPSA) is 72.2 Å². The Morgan fingerprint density at radius 3 is 2.45 bits per heavy atom. The standard InChI is InChI=1S/C23H18N2O3S/c1-15-24-23(14-28-15)16-6-9-20(10-7-16)29(26,27)25-19-8-11-22-18(13-19)12-17-4-2-3-5-21(17)22/h2-11,13-14,25H,12H2,1H3. The molecule has 0 atom stereocenters. The summed E-state index contributed by atoms with van der Waals surface area (Å²) in [7, 11) is -3.69. The van der Waals surface area contributed by atoms with Crippen LogP contribution < -0.4 is 4.72 Å². The predicted octanol–water partition coefficient (Wildman–Crippen LogP) is 5.02. The molecule has 1 aliphatic carbocycles. The number of hydrogen-bond donors (Lipinski definition) is 1. The first-order chi connectivity index (χ1) is 14.0. The van der Waals surface area contributed by atoms with Crippen LogP contribution in [0.1, 0.15) is 17.0 Å². The molecule has 0 saturated carbocycles. The van der Waals surface area contributed by atoms with Gasteiger partial charge in [0.25, 0.3) is 10.0 Å². The lowest BCUT2D eigenvalue weighted by molar-refractivity contribution is 0.521. The minimum absolute atomic E-state index is 0.199. The maximum atomic E-state index is 12.8. The summed E-state index contributed by atoms with van der Waals surface area (Å²) in [5.74, 6) is 0.567. The average molecular weight is 402 g/mol. The molecule has 6 heteroatoms. The smallest absolute Gasteiger partial charge is 0.261 e. The van der Waals surface area contributed by atoms with Crippen molar-refractivity contribution in [3.05, 3.63) is 90.0 Å². The van der Waals surface area contributed by atoms with E-state index in [4.69, 9.17) is 4.42 Å². The summed E-state index contributed by atoms with van der Waals surface area (Å²) < 4.78 is 33.6. The van der Waals surface area contributed by atoms with Crippen LogP contribution in [0.25, 0.3) is 22.4 Å². The second kappa shape index (κ2) is 6.60. The average Bonchev–Trinajstić information content (AvgIpc) is 3.31. The second-order valence-electron chi connectivity index (χ2n) is 7.09. The Morgan fingerprint density at radius 2 is 1.69 bits per heavy atom. The Morgan fingerprint density at radius 1 is 0.931 bits per heavy atom. The van der Waals surface area contributed by atoms with Crippen molar-refractivity contribution >= 4 is 15.7 Å². The molecule has 0 radical (unpaired) electrons. The number of rotatable bonds is 4. The van der Waals surface area contributed by atoms with Crippen LogP contribution in [0.3, 0.4) is 0 Å². The highest BCUT2D eigenvalue weighted by Crippen LogP contribution is 2.37. The maximum absolute atomic E-state index is 12.8. The molecule has 5 nitrogen and oxygen atoms in total. The van der Waals surface area contributed by atoms with E-state index >= 15 is 0 Å². The third-order valence-electron chi connectivity index (χ3n) is 5.13. The molecule has 0 unspecified atom stereocenters. The fourth-order valence-electron chi connectivity index (χ4n) is 3.72. The van der Waals surface area contributed by atoms with E-state index in [9.17, 15) is 8.42 Å². The zero-order chi connectivity index (χ0) is 20.0. The van der Waals surface area contributed by atoms with Crippen molar-refractivity contribution in [2.24, 2.45) is 0 Å². The van der Waals surface area contributed by atoms with Crippen LogP contribution in [0.5, 0.6) is 0 Å². The highest BCUT2D eigenvalue weighted by Gasteiger charge is 2.20. The highest BCUT2D eigenvalue weighted by molar-refractivity contribution is 7.92. The molecule has 4 aromatic rings. The van der Waals surface area contributed by atoms with E-state index in [0.717, 1.165) is 23.1 Å². The lowest BCUT2D eigenvalue weighted by atomic mass is 10.1. The number of oxazole rings is 1. The third kappa shape index (κ3) is 3.21. The quantitative estimate of drug-likeness (QED) is 0.458. The van der Waals surface area contributed by atoms with Crippen molar-refractivity contribution in [2.75, 3.05) is 4.72 Å². The molecular formula is C23H18N2O3S. The van der Waals surface area contributed by atoms with E-state index in [1.54, 1.807) is 37.5 Å². The van der Waals surface area contributed by atoms with Crippen molar-refractivity contribution in [3.63, 3.8) is 0 Å². The van der Waals surface area contributed by atoms with E-state index in [-0.39, 0.29) is 4.90 Å². The first-order valence-corrected chi connectivity index (χ1v) is 10.7. The summed E-state index contributed by atoms with van der Waals surface area (Å²) in [5, 5.41) is 0. The van der Waals surface area contributed by atoms with E-state index < -0.39 is 10.0 Å². The first-order valence-electron chi connectivity index (χ1n) is 9.26. The van der Waals surface area contributed by atoms with Crippen LogP contribution in [0, 0.1) is 6.92 Å². The minimum atomic E-state index is -3.69. The molecule has 144 valence electrons. The van der Waals surface area contributed by atoms with E-state index in [2.05, 4.69) is 21.8 Å².